The first-order valence-corrected chi connectivity index (χ1v) is 6.03. The summed E-state index contributed by atoms with van der Waals surface area (Å²) in [6.45, 7) is 0. The van der Waals surface area contributed by atoms with E-state index in [1.807, 2.05) is 12.1 Å². The number of benzene rings is 2. The highest BCUT2D eigenvalue weighted by molar-refractivity contribution is 6.24. The van der Waals surface area contributed by atoms with Crippen molar-refractivity contribution in [2.45, 2.75) is 17.2 Å². The van der Waals surface area contributed by atoms with Crippen LogP contribution in [0.2, 0.25) is 0 Å². The Hall–Kier alpha value is -1.27. The van der Waals surface area contributed by atoms with Crippen LogP contribution >= 0.6 is 11.6 Å². The fourth-order valence-electron chi connectivity index (χ4n) is 2.46. The first-order valence-electron chi connectivity index (χ1n) is 5.59. The molecule has 80 valence electrons. The van der Waals surface area contributed by atoms with E-state index in [0.717, 1.165) is 6.42 Å². The highest BCUT2D eigenvalue weighted by Crippen LogP contribution is 2.56. The lowest BCUT2D eigenvalue weighted by atomic mass is 9.88. The van der Waals surface area contributed by atoms with Crippen LogP contribution in [0.1, 0.15) is 17.5 Å². The van der Waals surface area contributed by atoms with Crippen molar-refractivity contribution in [2.24, 2.45) is 0 Å². The number of halogens is 1. The summed E-state index contributed by atoms with van der Waals surface area (Å²) in [5.74, 6) is 0. The molecule has 0 aliphatic heterocycles. The smallest absolute Gasteiger partial charge is 0.0486 e. The van der Waals surface area contributed by atoms with E-state index in [4.69, 9.17) is 11.6 Å². The topological polar surface area (TPSA) is 0 Å². The maximum absolute atomic E-state index is 6.38. The average Bonchev–Trinajstić information content (AvgIpc) is 3.05. The van der Waals surface area contributed by atoms with E-state index < -0.39 is 0 Å². The monoisotopic (exact) mass is 228 g/mol. The van der Waals surface area contributed by atoms with Gasteiger partial charge in [0.05, 0.1) is 0 Å². The van der Waals surface area contributed by atoms with Crippen molar-refractivity contribution in [1.82, 2.24) is 0 Å². The molecule has 0 aromatic heterocycles. The summed E-state index contributed by atoms with van der Waals surface area (Å²) in [5.41, 5.74) is 2.73. The van der Waals surface area contributed by atoms with E-state index in [9.17, 15) is 0 Å². The van der Waals surface area contributed by atoms with Gasteiger partial charge in [0.1, 0.15) is 0 Å². The molecule has 0 spiro atoms. The first kappa shape index (κ1) is 9.92. The Kier molecular flexibility index (Phi) is 2.26. The molecule has 1 aliphatic carbocycles. The molecular weight excluding hydrogens is 216 g/mol. The highest BCUT2D eigenvalue weighted by atomic mass is 35.5. The zero-order valence-electron chi connectivity index (χ0n) is 8.94. The summed E-state index contributed by atoms with van der Waals surface area (Å²) in [6.07, 6.45) is 1.04. The predicted octanol–water partition coefficient (Wildman–Crippen LogP) is 3.98. The molecule has 2 aromatic rings. The van der Waals surface area contributed by atoms with E-state index in [2.05, 4.69) is 48.5 Å². The third-order valence-corrected chi connectivity index (χ3v) is 3.98. The van der Waals surface area contributed by atoms with Crippen molar-refractivity contribution in [1.29, 1.82) is 0 Å². The Balaban J connectivity index is 2.10. The molecule has 1 atom stereocenters. The average molecular weight is 229 g/mol. The number of alkyl halides is 1. The second-order valence-corrected chi connectivity index (χ2v) is 4.90. The summed E-state index contributed by atoms with van der Waals surface area (Å²) in [6, 6.07) is 21.1. The number of hydrogen-bond acceptors (Lipinski definition) is 0. The molecule has 2 aromatic carbocycles. The molecule has 3 rings (SSSR count). The van der Waals surface area contributed by atoms with Crippen molar-refractivity contribution in [3.05, 3.63) is 71.8 Å². The molecular formula is C15H13Cl. The summed E-state index contributed by atoms with van der Waals surface area (Å²) >= 11 is 6.38. The van der Waals surface area contributed by atoms with Crippen LogP contribution in [-0.2, 0) is 5.41 Å². The molecule has 0 heterocycles. The Morgan fingerprint density at radius 3 is 1.50 bits per heavy atom. The first-order chi connectivity index (χ1) is 7.84. The van der Waals surface area contributed by atoms with Crippen molar-refractivity contribution >= 4 is 11.6 Å². The van der Waals surface area contributed by atoms with Gasteiger partial charge in [0.2, 0.25) is 0 Å². The fourth-order valence-corrected chi connectivity index (χ4v) is 2.95. The molecule has 0 bridgehead atoms. The standard InChI is InChI=1S/C15H13Cl/c16-14-11-15(14,12-7-3-1-4-8-12)13-9-5-2-6-10-13/h1-10,14H,11H2/t14-/m1/s1. The molecule has 0 N–H and O–H groups in total. The summed E-state index contributed by atoms with van der Waals surface area (Å²) in [7, 11) is 0. The van der Waals surface area contributed by atoms with E-state index in [0.29, 0.717) is 0 Å². The van der Waals surface area contributed by atoms with E-state index in [1.54, 1.807) is 0 Å². The van der Waals surface area contributed by atoms with Gasteiger partial charge in [-0.2, -0.15) is 0 Å². The number of rotatable bonds is 2. The van der Waals surface area contributed by atoms with Gasteiger partial charge in [0.25, 0.3) is 0 Å². The minimum absolute atomic E-state index is 0.0596. The summed E-state index contributed by atoms with van der Waals surface area (Å²) < 4.78 is 0. The van der Waals surface area contributed by atoms with Crippen molar-refractivity contribution < 1.29 is 0 Å². The van der Waals surface area contributed by atoms with Crippen LogP contribution in [0.3, 0.4) is 0 Å². The van der Waals surface area contributed by atoms with Crippen LogP contribution in [0.25, 0.3) is 0 Å². The maximum atomic E-state index is 6.38. The lowest BCUT2D eigenvalue weighted by Crippen LogP contribution is -2.11. The maximum Gasteiger partial charge on any atom is 0.0486 e. The van der Waals surface area contributed by atoms with Crippen LogP contribution in [-0.4, -0.2) is 5.38 Å². The Morgan fingerprint density at radius 2 is 1.19 bits per heavy atom. The second kappa shape index (κ2) is 3.64. The normalized spacial score (nSPS) is 21.7. The van der Waals surface area contributed by atoms with Crippen LogP contribution in [0.4, 0.5) is 0 Å². The second-order valence-electron chi connectivity index (χ2n) is 4.38. The Labute approximate surface area is 101 Å². The molecule has 1 fully saturated rings. The summed E-state index contributed by atoms with van der Waals surface area (Å²) in [5, 5.41) is 0.234. The van der Waals surface area contributed by atoms with Gasteiger partial charge >= 0.3 is 0 Å². The van der Waals surface area contributed by atoms with E-state index >= 15 is 0 Å². The zero-order chi connectivity index (χ0) is 11.0. The molecule has 0 saturated heterocycles. The van der Waals surface area contributed by atoms with Gasteiger partial charge in [-0.1, -0.05) is 60.7 Å². The largest absolute Gasteiger partial charge is 0.122 e. The van der Waals surface area contributed by atoms with Crippen LogP contribution in [0, 0.1) is 0 Å². The predicted molar refractivity (Wildman–Crippen MR) is 67.9 cm³/mol. The van der Waals surface area contributed by atoms with Crippen molar-refractivity contribution in [3.8, 4) is 0 Å². The SMILES string of the molecule is Cl[C@@H]1CC1(c1ccccc1)c1ccccc1. The van der Waals surface area contributed by atoms with Crippen molar-refractivity contribution in [2.75, 3.05) is 0 Å². The van der Waals surface area contributed by atoms with Gasteiger partial charge in [0.15, 0.2) is 0 Å². The quantitative estimate of drug-likeness (QED) is 0.682. The molecule has 0 radical (unpaired) electrons. The molecule has 0 amide bonds. The van der Waals surface area contributed by atoms with Crippen LogP contribution in [0.5, 0.6) is 0 Å². The molecule has 1 saturated carbocycles. The van der Waals surface area contributed by atoms with Gasteiger partial charge in [-0.05, 0) is 17.5 Å². The fraction of sp³-hybridized carbons (Fsp3) is 0.200. The minimum atomic E-state index is 0.0596. The van der Waals surface area contributed by atoms with Crippen LogP contribution in [0.15, 0.2) is 60.7 Å². The van der Waals surface area contributed by atoms with E-state index in [-0.39, 0.29) is 10.8 Å². The molecule has 16 heavy (non-hydrogen) atoms. The Morgan fingerprint density at radius 1 is 0.812 bits per heavy atom. The van der Waals surface area contributed by atoms with Gasteiger partial charge in [-0.3, -0.25) is 0 Å². The third-order valence-electron chi connectivity index (χ3n) is 3.45. The third kappa shape index (κ3) is 1.37. The molecule has 1 heteroatoms. The molecule has 1 aliphatic rings. The van der Waals surface area contributed by atoms with Gasteiger partial charge < -0.3 is 0 Å². The summed E-state index contributed by atoms with van der Waals surface area (Å²) in [4.78, 5) is 0. The number of hydrogen-bond donors (Lipinski definition) is 0. The lowest BCUT2D eigenvalue weighted by molar-refractivity contribution is 0.849. The van der Waals surface area contributed by atoms with Crippen molar-refractivity contribution in [3.63, 3.8) is 0 Å². The van der Waals surface area contributed by atoms with Gasteiger partial charge in [-0.25, -0.2) is 0 Å². The van der Waals surface area contributed by atoms with Gasteiger partial charge in [-0.15, -0.1) is 11.6 Å². The van der Waals surface area contributed by atoms with Gasteiger partial charge in [0, 0.05) is 10.8 Å². The lowest BCUT2D eigenvalue weighted by Gasteiger charge is -2.16. The molecule has 0 nitrogen and oxygen atoms in total. The van der Waals surface area contributed by atoms with Crippen LogP contribution < -0.4 is 0 Å². The van der Waals surface area contributed by atoms with E-state index in [1.165, 1.54) is 11.1 Å². The molecule has 0 unspecified atom stereocenters. The minimum Gasteiger partial charge on any atom is -0.122 e. The Bertz CT molecular complexity index is 436. The zero-order valence-corrected chi connectivity index (χ0v) is 9.69. The highest BCUT2D eigenvalue weighted by Gasteiger charge is 2.55.